The second kappa shape index (κ2) is 8.34. The highest BCUT2D eigenvalue weighted by molar-refractivity contribution is 7.98. The lowest BCUT2D eigenvalue weighted by molar-refractivity contribution is 0.102. The van der Waals surface area contributed by atoms with Crippen LogP contribution in [0.5, 0.6) is 5.75 Å². The number of carbonyl (C=O) groups is 1. The number of hydrogen-bond acceptors (Lipinski definition) is 5. The number of thioether (sulfide) groups is 1. The molecule has 0 aliphatic heterocycles. The van der Waals surface area contributed by atoms with Crippen LogP contribution in [-0.4, -0.2) is 27.7 Å². The van der Waals surface area contributed by atoms with Gasteiger partial charge in [0.25, 0.3) is 5.91 Å². The molecular weight excluding hydrogens is 336 g/mol. The molecule has 1 amide bonds. The van der Waals surface area contributed by atoms with Crippen molar-refractivity contribution in [1.82, 2.24) is 15.2 Å². The minimum absolute atomic E-state index is 0.140. The average Bonchev–Trinajstić information content (AvgIpc) is 3.16. The van der Waals surface area contributed by atoms with Gasteiger partial charge < -0.3 is 10.1 Å². The first-order chi connectivity index (χ1) is 12.2. The molecule has 1 aromatic heterocycles. The summed E-state index contributed by atoms with van der Waals surface area (Å²) < 4.78 is 5.39. The SMILES string of the molecule is CCOc1ccc(NC(=O)c2ccc(CSc3ncn[nH]3)cc2)cc1. The highest BCUT2D eigenvalue weighted by Crippen LogP contribution is 2.19. The number of nitrogens with one attached hydrogen (secondary N) is 2. The van der Waals surface area contributed by atoms with Crippen molar-refractivity contribution in [1.29, 1.82) is 0 Å². The summed E-state index contributed by atoms with van der Waals surface area (Å²) >= 11 is 1.56. The Morgan fingerprint density at radius 3 is 2.56 bits per heavy atom. The molecule has 0 fully saturated rings. The van der Waals surface area contributed by atoms with Gasteiger partial charge in [0.05, 0.1) is 6.61 Å². The molecule has 0 bridgehead atoms. The number of benzene rings is 2. The third-order valence-corrected chi connectivity index (χ3v) is 4.36. The highest BCUT2D eigenvalue weighted by Gasteiger charge is 2.07. The van der Waals surface area contributed by atoms with Gasteiger partial charge in [-0.05, 0) is 48.9 Å². The molecule has 0 spiro atoms. The van der Waals surface area contributed by atoms with Gasteiger partial charge in [-0.2, -0.15) is 5.10 Å². The Morgan fingerprint density at radius 2 is 1.92 bits per heavy atom. The van der Waals surface area contributed by atoms with Crippen LogP contribution in [0, 0.1) is 0 Å². The lowest BCUT2D eigenvalue weighted by atomic mass is 10.1. The molecule has 0 saturated carbocycles. The van der Waals surface area contributed by atoms with Crippen molar-refractivity contribution in [2.45, 2.75) is 17.8 Å². The molecule has 128 valence electrons. The lowest BCUT2D eigenvalue weighted by Gasteiger charge is -2.08. The zero-order valence-corrected chi connectivity index (χ0v) is 14.5. The second-order valence-electron chi connectivity index (χ2n) is 5.19. The van der Waals surface area contributed by atoms with Gasteiger partial charge in [-0.15, -0.1) is 0 Å². The monoisotopic (exact) mass is 354 g/mol. The zero-order chi connectivity index (χ0) is 17.5. The Labute approximate surface area is 150 Å². The number of aromatic nitrogens is 3. The maximum atomic E-state index is 12.3. The Bertz CT molecular complexity index is 802. The number of amides is 1. The smallest absolute Gasteiger partial charge is 0.255 e. The van der Waals surface area contributed by atoms with Gasteiger partial charge >= 0.3 is 0 Å². The summed E-state index contributed by atoms with van der Waals surface area (Å²) in [6, 6.07) is 14.8. The summed E-state index contributed by atoms with van der Waals surface area (Å²) in [7, 11) is 0. The quantitative estimate of drug-likeness (QED) is 0.632. The van der Waals surface area contributed by atoms with E-state index in [1.165, 1.54) is 6.33 Å². The summed E-state index contributed by atoms with van der Waals surface area (Å²) in [4.78, 5) is 16.4. The lowest BCUT2D eigenvalue weighted by Crippen LogP contribution is -2.11. The topological polar surface area (TPSA) is 79.9 Å². The minimum Gasteiger partial charge on any atom is -0.494 e. The zero-order valence-electron chi connectivity index (χ0n) is 13.7. The Kier molecular flexibility index (Phi) is 5.69. The van der Waals surface area contributed by atoms with Crippen LogP contribution in [0.3, 0.4) is 0 Å². The molecule has 7 heteroatoms. The fourth-order valence-electron chi connectivity index (χ4n) is 2.17. The van der Waals surface area contributed by atoms with E-state index in [-0.39, 0.29) is 5.91 Å². The maximum absolute atomic E-state index is 12.3. The molecule has 6 nitrogen and oxygen atoms in total. The van der Waals surface area contributed by atoms with Gasteiger partial charge in [0.2, 0.25) is 0 Å². The number of aromatic amines is 1. The number of anilines is 1. The van der Waals surface area contributed by atoms with Gasteiger partial charge in [-0.25, -0.2) is 4.98 Å². The number of ether oxygens (including phenoxy) is 1. The molecule has 0 aliphatic rings. The van der Waals surface area contributed by atoms with Crippen LogP contribution in [0.25, 0.3) is 0 Å². The summed E-state index contributed by atoms with van der Waals surface area (Å²) in [5.41, 5.74) is 2.46. The first-order valence-electron chi connectivity index (χ1n) is 7.86. The summed E-state index contributed by atoms with van der Waals surface area (Å²) in [6.07, 6.45) is 1.48. The van der Waals surface area contributed by atoms with Gasteiger partial charge in [0, 0.05) is 17.0 Å². The van der Waals surface area contributed by atoms with Crippen LogP contribution in [0.15, 0.2) is 60.0 Å². The van der Waals surface area contributed by atoms with E-state index >= 15 is 0 Å². The van der Waals surface area contributed by atoms with Crippen LogP contribution in [-0.2, 0) is 5.75 Å². The average molecular weight is 354 g/mol. The predicted octanol–water partition coefficient (Wildman–Crippen LogP) is 3.75. The van der Waals surface area contributed by atoms with E-state index in [4.69, 9.17) is 4.74 Å². The number of carbonyl (C=O) groups excluding carboxylic acids is 1. The number of H-pyrrole nitrogens is 1. The molecule has 3 aromatic rings. The molecule has 0 atom stereocenters. The minimum atomic E-state index is -0.140. The first-order valence-corrected chi connectivity index (χ1v) is 8.84. The third kappa shape index (κ3) is 4.84. The molecule has 1 heterocycles. The van der Waals surface area contributed by atoms with Crippen molar-refractivity contribution in [2.24, 2.45) is 0 Å². The van der Waals surface area contributed by atoms with Crippen molar-refractivity contribution in [3.8, 4) is 5.75 Å². The van der Waals surface area contributed by atoms with Crippen LogP contribution in [0.2, 0.25) is 0 Å². The van der Waals surface area contributed by atoms with Gasteiger partial charge in [0.1, 0.15) is 12.1 Å². The second-order valence-corrected chi connectivity index (χ2v) is 6.15. The normalized spacial score (nSPS) is 10.4. The molecule has 2 aromatic carbocycles. The van der Waals surface area contributed by atoms with E-state index in [2.05, 4.69) is 20.5 Å². The summed E-state index contributed by atoms with van der Waals surface area (Å²) in [6.45, 7) is 2.55. The van der Waals surface area contributed by atoms with E-state index in [1.54, 1.807) is 11.8 Å². The molecule has 2 N–H and O–H groups in total. The van der Waals surface area contributed by atoms with Gasteiger partial charge in [-0.3, -0.25) is 9.89 Å². The fourth-order valence-corrected chi connectivity index (χ4v) is 2.91. The van der Waals surface area contributed by atoms with E-state index in [0.717, 1.165) is 27.9 Å². The largest absolute Gasteiger partial charge is 0.494 e. The predicted molar refractivity (Wildman–Crippen MR) is 97.9 cm³/mol. The van der Waals surface area contributed by atoms with Crippen LogP contribution >= 0.6 is 11.8 Å². The van der Waals surface area contributed by atoms with Crippen molar-refractivity contribution in [3.63, 3.8) is 0 Å². The van der Waals surface area contributed by atoms with E-state index in [1.807, 2.05) is 55.5 Å². The van der Waals surface area contributed by atoms with E-state index < -0.39 is 0 Å². The number of rotatable bonds is 7. The molecule has 0 aliphatic carbocycles. The van der Waals surface area contributed by atoms with Gasteiger partial charge in [0.15, 0.2) is 5.16 Å². The molecule has 0 unspecified atom stereocenters. The van der Waals surface area contributed by atoms with Crippen molar-refractivity contribution >= 4 is 23.4 Å². The third-order valence-electron chi connectivity index (χ3n) is 3.41. The van der Waals surface area contributed by atoms with Crippen molar-refractivity contribution in [2.75, 3.05) is 11.9 Å². The fraction of sp³-hybridized carbons (Fsp3) is 0.167. The number of nitrogens with zero attached hydrogens (tertiary/aromatic N) is 2. The summed E-state index contributed by atoms with van der Waals surface area (Å²) in [5.74, 6) is 1.41. The highest BCUT2D eigenvalue weighted by atomic mass is 32.2. The Hall–Kier alpha value is -2.80. The standard InChI is InChI=1S/C18H18N4O2S/c1-2-24-16-9-7-15(8-10-16)21-17(23)14-5-3-13(4-6-14)11-25-18-19-12-20-22-18/h3-10,12H,2,11H2,1H3,(H,21,23)(H,19,20,22). The molecular formula is C18H18N4O2S. The summed E-state index contributed by atoms with van der Waals surface area (Å²) in [5, 5.41) is 10.3. The van der Waals surface area contributed by atoms with Crippen LogP contribution in [0.1, 0.15) is 22.8 Å². The van der Waals surface area contributed by atoms with E-state index in [0.29, 0.717) is 12.2 Å². The molecule has 25 heavy (non-hydrogen) atoms. The van der Waals surface area contributed by atoms with Crippen LogP contribution < -0.4 is 10.1 Å². The van der Waals surface area contributed by atoms with E-state index in [9.17, 15) is 4.79 Å². The maximum Gasteiger partial charge on any atom is 0.255 e. The first kappa shape index (κ1) is 17.0. The Balaban J connectivity index is 1.56. The molecule has 3 rings (SSSR count). The number of hydrogen-bond donors (Lipinski definition) is 2. The van der Waals surface area contributed by atoms with Crippen molar-refractivity contribution < 1.29 is 9.53 Å². The molecule has 0 saturated heterocycles. The van der Waals surface area contributed by atoms with Gasteiger partial charge in [-0.1, -0.05) is 23.9 Å². The Morgan fingerprint density at radius 1 is 1.16 bits per heavy atom. The van der Waals surface area contributed by atoms with Crippen LogP contribution in [0.4, 0.5) is 5.69 Å². The molecule has 0 radical (unpaired) electrons. The van der Waals surface area contributed by atoms with Crippen molar-refractivity contribution in [3.05, 3.63) is 66.0 Å².